The fourth-order valence-corrected chi connectivity index (χ4v) is 2.45. The molecule has 0 bridgehead atoms. The molecule has 1 aromatic rings. The second kappa shape index (κ2) is 9.62. The lowest BCUT2D eigenvalue weighted by Crippen LogP contribution is -2.28. The van der Waals surface area contributed by atoms with Crippen LogP contribution in [0, 0.1) is 5.92 Å². The fourth-order valence-electron chi connectivity index (χ4n) is 2.45. The van der Waals surface area contributed by atoms with Gasteiger partial charge in [-0.3, -0.25) is 0 Å². The van der Waals surface area contributed by atoms with Crippen molar-refractivity contribution in [3.05, 3.63) is 35.9 Å². The molecule has 0 radical (unpaired) electrons. The molecule has 1 fully saturated rings. The molecule has 0 aromatic heterocycles. The van der Waals surface area contributed by atoms with Crippen LogP contribution in [0.5, 0.6) is 0 Å². The quantitative estimate of drug-likeness (QED) is 0.893. The molecular weight excluding hydrogens is 267 g/mol. The van der Waals surface area contributed by atoms with Crippen LogP contribution in [-0.4, -0.2) is 13.1 Å². The van der Waals surface area contributed by atoms with Crippen molar-refractivity contribution >= 4 is 24.8 Å². The molecule has 104 valence electrons. The largest absolute Gasteiger partial charge is 0.324 e. The first kappa shape index (κ1) is 17.7. The van der Waals surface area contributed by atoms with Crippen LogP contribution in [0.2, 0.25) is 0 Å². The van der Waals surface area contributed by atoms with Crippen LogP contribution in [0.4, 0.5) is 0 Å². The maximum atomic E-state index is 6.20. The molecule has 0 spiro atoms. The predicted octanol–water partition coefficient (Wildman–Crippen LogP) is 3.31. The van der Waals surface area contributed by atoms with Gasteiger partial charge in [-0.2, -0.15) is 0 Å². The van der Waals surface area contributed by atoms with E-state index in [1.807, 2.05) is 6.07 Å². The molecule has 18 heavy (non-hydrogen) atoms. The van der Waals surface area contributed by atoms with Crippen LogP contribution in [-0.2, 0) is 0 Å². The van der Waals surface area contributed by atoms with Gasteiger partial charge < -0.3 is 11.1 Å². The van der Waals surface area contributed by atoms with Gasteiger partial charge in [0.15, 0.2) is 0 Å². The lowest BCUT2D eigenvalue weighted by atomic mass is 9.90. The van der Waals surface area contributed by atoms with Crippen molar-refractivity contribution in [1.82, 2.24) is 5.32 Å². The summed E-state index contributed by atoms with van der Waals surface area (Å²) in [4.78, 5) is 0. The Morgan fingerprint density at radius 3 is 2.33 bits per heavy atom. The van der Waals surface area contributed by atoms with E-state index in [-0.39, 0.29) is 30.9 Å². The third-order valence-electron chi connectivity index (χ3n) is 3.57. The Morgan fingerprint density at radius 2 is 1.72 bits per heavy atom. The van der Waals surface area contributed by atoms with Crippen LogP contribution >= 0.6 is 24.8 Å². The smallest absolute Gasteiger partial charge is 0.0294 e. The molecule has 1 aromatic carbocycles. The third-order valence-corrected chi connectivity index (χ3v) is 3.57. The van der Waals surface area contributed by atoms with E-state index in [9.17, 15) is 0 Å². The van der Waals surface area contributed by atoms with E-state index < -0.39 is 0 Å². The minimum atomic E-state index is 0. The van der Waals surface area contributed by atoms with E-state index in [0.29, 0.717) is 0 Å². The summed E-state index contributed by atoms with van der Waals surface area (Å²) in [5.74, 6) is 0.885. The second-order valence-electron chi connectivity index (χ2n) is 4.79. The highest BCUT2D eigenvalue weighted by Crippen LogP contribution is 2.23. The van der Waals surface area contributed by atoms with Gasteiger partial charge in [-0.1, -0.05) is 30.3 Å². The number of hydrogen-bond donors (Lipinski definition) is 2. The Morgan fingerprint density at radius 1 is 1.11 bits per heavy atom. The van der Waals surface area contributed by atoms with Crippen molar-refractivity contribution in [3.8, 4) is 0 Å². The predicted molar refractivity (Wildman–Crippen MR) is 82.7 cm³/mol. The second-order valence-corrected chi connectivity index (χ2v) is 4.79. The van der Waals surface area contributed by atoms with Crippen molar-refractivity contribution in [2.75, 3.05) is 13.1 Å². The molecule has 0 amide bonds. The van der Waals surface area contributed by atoms with E-state index in [1.165, 1.54) is 37.9 Å². The standard InChI is InChI=1S/C14H22N2.2ClH/c15-14(13-4-2-1-3-5-13)7-6-12-8-10-16-11-9-12;;/h1-5,12,14,16H,6-11,15H2;2*1H. The number of rotatable bonds is 4. The molecule has 0 saturated carbocycles. The van der Waals surface area contributed by atoms with Gasteiger partial charge in [-0.05, 0) is 50.3 Å². The maximum absolute atomic E-state index is 6.20. The Balaban J connectivity index is 0.00000144. The summed E-state index contributed by atoms with van der Waals surface area (Å²) in [7, 11) is 0. The first-order chi connectivity index (χ1) is 7.86. The lowest BCUT2D eigenvalue weighted by Gasteiger charge is -2.23. The monoisotopic (exact) mass is 290 g/mol. The van der Waals surface area contributed by atoms with Crippen LogP contribution in [0.3, 0.4) is 0 Å². The number of benzene rings is 1. The molecule has 4 heteroatoms. The molecule has 1 saturated heterocycles. The molecule has 1 heterocycles. The van der Waals surface area contributed by atoms with Crippen LogP contribution in [0.1, 0.15) is 37.3 Å². The molecule has 1 aliphatic rings. The minimum Gasteiger partial charge on any atom is -0.324 e. The normalized spacial score (nSPS) is 17.4. The first-order valence-corrected chi connectivity index (χ1v) is 6.37. The zero-order valence-electron chi connectivity index (χ0n) is 10.7. The molecule has 2 nitrogen and oxygen atoms in total. The van der Waals surface area contributed by atoms with Gasteiger partial charge in [0.25, 0.3) is 0 Å². The highest BCUT2D eigenvalue weighted by atomic mass is 35.5. The molecule has 3 N–H and O–H groups in total. The fraction of sp³-hybridized carbons (Fsp3) is 0.571. The van der Waals surface area contributed by atoms with Crippen molar-refractivity contribution < 1.29 is 0 Å². The maximum Gasteiger partial charge on any atom is 0.0294 e. The Labute approximate surface area is 123 Å². The summed E-state index contributed by atoms with van der Waals surface area (Å²) in [6, 6.07) is 10.7. The van der Waals surface area contributed by atoms with E-state index in [4.69, 9.17) is 5.73 Å². The van der Waals surface area contributed by atoms with Crippen LogP contribution in [0.15, 0.2) is 30.3 Å². The third kappa shape index (κ3) is 5.57. The van der Waals surface area contributed by atoms with Crippen LogP contribution in [0.25, 0.3) is 0 Å². The lowest BCUT2D eigenvalue weighted by molar-refractivity contribution is 0.337. The van der Waals surface area contributed by atoms with Crippen molar-refractivity contribution in [2.45, 2.75) is 31.7 Å². The summed E-state index contributed by atoms with van der Waals surface area (Å²) < 4.78 is 0. The summed E-state index contributed by atoms with van der Waals surface area (Å²) in [5.41, 5.74) is 7.47. The SMILES string of the molecule is Cl.Cl.NC(CCC1CCNCC1)c1ccccc1. The molecule has 1 aliphatic heterocycles. The first-order valence-electron chi connectivity index (χ1n) is 6.37. The summed E-state index contributed by atoms with van der Waals surface area (Å²) in [6.07, 6.45) is 5.04. The van der Waals surface area contributed by atoms with E-state index >= 15 is 0 Å². The van der Waals surface area contributed by atoms with Gasteiger partial charge in [0.05, 0.1) is 0 Å². The Bertz CT molecular complexity index is 300. The number of nitrogens with one attached hydrogen (secondary N) is 1. The number of hydrogen-bond acceptors (Lipinski definition) is 2. The highest BCUT2D eigenvalue weighted by Gasteiger charge is 2.14. The Kier molecular flexibility index (Phi) is 9.47. The number of piperidine rings is 1. The molecule has 2 rings (SSSR count). The topological polar surface area (TPSA) is 38.0 Å². The van der Waals surface area contributed by atoms with Gasteiger partial charge in [-0.15, -0.1) is 24.8 Å². The summed E-state index contributed by atoms with van der Waals surface area (Å²) in [5, 5.41) is 3.40. The van der Waals surface area contributed by atoms with Crippen LogP contribution < -0.4 is 11.1 Å². The van der Waals surface area contributed by atoms with E-state index in [0.717, 1.165) is 12.3 Å². The zero-order chi connectivity index (χ0) is 11.2. The minimum absolute atomic E-state index is 0. The zero-order valence-corrected chi connectivity index (χ0v) is 12.3. The average Bonchev–Trinajstić information content (AvgIpc) is 2.38. The van der Waals surface area contributed by atoms with E-state index in [2.05, 4.69) is 29.6 Å². The van der Waals surface area contributed by atoms with Gasteiger partial charge in [0.2, 0.25) is 0 Å². The van der Waals surface area contributed by atoms with Gasteiger partial charge in [-0.25, -0.2) is 0 Å². The van der Waals surface area contributed by atoms with Gasteiger partial charge in [0.1, 0.15) is 0 Å². The average molecular weight is 291 g/mol. The van der Waals surface area contributed by atoms with Gasteiger partial charge >= 0.3 is 0 Å². The van der Waals surface area contributed by atoms with Crippen molar-refractivity contribution in [3.63, 3.8) is 0 Å². The number of nitrogens with two attached hydrogens (primary N) is 1. The highest BCUT2D eigenvalue weighted by molar-refractivity contribution is 5.85. The van der Waals surface area contributed by atoms with Gasteiger partial charge in [0, 0.05) is 6.04 Å². The molecule has 1 unspecified atom stereocenters. The number of halogens is 2. The molecule has 0 aliphatic carbocycles. The van der Waals surface area contributed by atoms with E-state index in [1.54, 1.807) is 0 Å². The molecular formula is C14H24Cl2N2. The molecule has 1 atom stereocenters. The van der Waals surface area contributed by atoms with Crippen molar-refractivity contribution in [1.29, 1.82) is 0 Å². The summed E-state index contributed by atoms with van der Waals surface area (Å²) in [6.45, 7) is 2.37. The Hall–Kier alpha value is -0.280. The summed E-state index contributed by atoms with van der Waals surface area (Å²) >= 11 is 0. The van der Waals surface area contributed by atoms with Crippen molar-refractivity contribution in [2.24, 2.45) is 11.7 Å².